The number of aliphatic hydroxyl groups is 2. The van der Waals surface area contributed by atoms with Gasteiger partial charge in [-0.25, -0.2) is 15.0 Å². The molecule has 6 N–H and O–H groups in total. The van der Waals surface area contributed by atoms with Gasteiger partial charge in [-0.15, -0.1) is 0 Å². The molecular weight excluding hydrogens is 349 g/mol. The first-order chi connectivity index (χ1) is 10.8. The Morgan fingerprint density at radius 2 is 2.04 bits per heavy atom. The number of hydrogen-bond donors (Lipinski definition) is 5. The van der Waals surface area contributed by atoms with Crippen molar-refractivity contribution in [2.75, 3.05) is 12.3 Å². The number of imidazole rings is 1. The van der Waals surface area contributed by atoms with Gasteiger partial charge in [0.2, 0.25) is 0 Å². The summed E-state index contributed by atoms with van der Waals surface area (Å²) in [7, 11) is 0. The lowest BCUT2D eigenvalue weighted by Crippen LogP contribution is -2.33. The Morgan fingerprint density at radius 1 is 1.30 bits per heavy atom. The molecule has 23 heavy (non-hydrogen) atoms. The van der Waals surface area contributed by atoms with Gasteiger partial charge in [0.05, 0.1) is 12.9 Å². The second kappa shape index (κ2) is 6.00. The predicted octanol–water partition coefficient (Wildman–Crippen LogP) is -1.75. The van der Waals surface area contributed by atoms with Crippen LogP contribution < -0.4 is 5.73 Å². The van der Waals surface area contributed by atoms with Gasteiger partial charge in [0.1, 0.15) is 30.2 Å². The van der Waals surface area contributed by atoms with Crippen LogP contribution in [0.15, 0.2) is 12.7 Å². The van der Waals surface area contributed by atoms with E-state index in [1.54, 1.807) is 0 Å². The van der Waals surface area contributed by atoms with E-state index in [4.69, 9.17) is 20.3 Å². The smallest absolute Gasteiger partial charge is 0.321 e. The number of aromatic nitrogens is 4. The number of ether oxygens (including phenoxy) is 1. The molecule has 11 nitrogen and oxygen atoms in total. The molecular formula is C10H14N5O6PS. The molecule has 0 radical (unpaired) electrons. The third kappa shape index (κ3) is 3.20. The summed E-state index contributed by atoms with van der Waals surface area (Å²) in [5, 5.41) is 20.2. The van der Waals surface area contributed by atoms with Crippen LogP contribution in [0.4, 0.5) is 5.82 Å². The summed E-state index contributed by atoms with van der Waals surface area (Å²) >= 11 is 4.33. The Morgan fingerprint density at radius 3 is 2.74 bits per heavy atom. The van der Waals surface area contributed by atoms with E-state index in [9.17, 15) is 10.2 Å². The molecule has 1 fully saturated rings. The van der Waals surface area contributed by atoms with Crippen molar-refractivity contribution in [2.45, 2.75) is 24.5 Å². The van der Waals surface area contributed by atoms with Crippen LogP contribution in [-0.4, -0.2) is 64.4 Å². The number of nitrogens with two attached hydrogens (primary N) is 1. The van der Waals surface area contributed by atoms with E-state index in [2.05, 4.69) is 31.3 Å². The van der Waals surface area contributed by atoms with Crippen LogP contribution in [-0.2, 0) is 21.1 Å². The van der Waals surface area contributed by atoms with Crippen molar-refractivity contribution < 1.29 is 29.3 Å². The van der Waals surface area contributed by atoms with Gasteiger partial charge in [-0.3, -0.25) is 4.57 Å². The Balaban J connectivity index is 1.85. The van der Waals surface area contributed by atoms with E-state index in [-0.39, 0.29) is 12.4 Å². The van der Waals surface area contributed by atoms with Gasteiger partial charge >= 0.3 is 6.72 Å². The van der Waals surface area contributed by atoms with Crippen molar-refractivity contribution in [3.8, 4) is 0 Å². The Bertz CT molecular complexity index is 767. The summed E-state index contributed by atoms with van der Waals surface area (Å²) in [6.45, 7) is -4.27. The zero-order valence-corrected chi connectivity index (χ0v) is 13.2. The molecule has 0 amide bonds. The van der Waals surface area contributed by atoms with Gasteiger partial charge in [-0.05, 0) is 11.8 Å². The molecule has 1 saturated heterocycles. The average Bonchev–Trinajstić information content (AvgIpc) is 3.01. The minimum absolute atomic E-state index is 0.169. The fourth-order valence-corrected chi connectivity index (χ4v) is 2.85. The molecule has 0 aliphatic carbocycles. The van der Waals surface area contributed by atoms with Crippen LogP contribution in [0.1, 0.15) is 6.23 Å². The number of fused-ring (bicyclic) bond motifs is 1. The minimum atomic E-state index is -3.89. The third-order valence-electron chi connectivity index (χ3n) is 3.41. The Hall–Kier alpha value is -1.24. The highest BCUT2D eigenvalue weighted by atomic mass is 32.5. The maximum absolute atomic E-state index is 10.2. The first kappa shape index (κ1) is 16.6. The highest BCUT2D eigenvalue weighted by molar-refractivity contribution is 8.06. The van der Waals surface area contributed by atoms with Crippen molar-refractivity contribution in [2.24, 2.45) is 0 Å². The second-order valence-corrected chi connectivity index (χ2v) is 7.58. The van der Waals surface area contributed by atoms with Gasteiger partial charge < -0.3 is 35.0 Å². The molecule has 0 saturated carbocycles. The molecule has 0 spiro atoms. The lowest BCUT2D eigenvalue weighted by Gasteiger charge is -2.16. The first-order valence-electron chi connectivity index (χ1n) is 6.42. The Kier molecular flexibility index (Phi) is 4.33. The van der Waals surface area contributed by atoms with Crippen molar-refractivity contribution in [1.29, 1.82) is 0 Å². The summed E-state index contributed by atoms with van der Waals surface area (Å²) in [6.07, 6.45) is -2.06. The quantitative estimate of drug-likeness (QED) is 0.391. The molecule has 4 atom stereocenters. The summed E-state index contributed by atoms with van der Waals surface area (Å²) in [5.41, 5.74) is 6.35. The lowest BCUT2D eigenvalue weighted by atomic mass is 10.1. The summed E-state index contributed by atoms with van der Waals surface area (Å²) in [5.74, 6) is 0.169. The molecule has 126 valence electrons. The number of anilines is 1. The van der Waals surface area contributed by atoms with Gasteiger partial charge in [0.25, 0.3) is 0 Å². The van der Waals surface area contributed by atoms with E-state index < -0.39 is 31.3 Å². The molecule has 0 bridgehead atoms. The zero-order valence-electron chi connectivity index (χ0n) is 11.5. The van der Waals surface area contributed by atoms with Crippen LogP contribution in [0.3, 0.4) is 0 Å². The van der Waals surface area contributed by atoms with Gasteiger partial charge in [0.15, 0.2) is 17.7 Å². The molecule has 3 rings (SSSR count). The molecule has 2 aromatic rings. The molecule has 1 aliphatic rings. The largest absolute Gasteiger partial charge is 0.387 e. The van der Waals surface area contributed by atoms with Crippen molar-refractivity contribution >= 4 is 35.5 Å². The number of nitrogen functional groups attached to an aromatic ring is 1. The maximum Gasteiger partial charge on any atom is 0.321 e. The number of aliphatic hydroxyl groups excluding tert-OH is 2. The van der Waals surface area contributed by atoms with Gasteiger partial charge in [0, 0.05) is 0 Å². The normalized spacial score (nSPS) is 28.5. The van der Waals surface area contributed by atoms with E-state index in [1.807, 2.05) is 0 Å². The third-order valence-corrected chi connectivity index (χ3v) is 4.21. The van der Waals surface area contributed by atoms with E-state index >= 15 is 0 Å². The van der Waals surface area contributed by atoms with Crippen LogP contribution in [0.25, 0.3) is 11.2 Å². The molecule has 2 aromatic heterocycles. The van der Waals surface area contributed by atoms with Gasteiger partial charge in [-0.1, -0.05) is 0 Å². The highest BCUT2D eigenvalue weighted by Gasteiger charge is 2.44. The monoisotopic (exact) mass is 363 g/mol. The van der Waals surface area contributed by atoms with Crippen molar-refractivity contribution in [3.63, 3.8) is 0 Å². The van der Waals surface area contributed by atoms with E-state index in [0.717, 1.165) is 0 Å². The van der Waals surface area contributed by atoms with Crippen molar-refractivity contribution in [1.82, 2.24) is 19.5 Å². The standard InChI is InChI=1S/C10H14N5O6PS/c11-8-5-9(13-2-12-8)15(3-14-5)10-7(17)6(16)4(21-10)1-20-22(18,19)23/h2-4,6-7,10,16-17H,1H2,(H2,11,12,13)(H2,18,19,23)/t4-,6+,7?,10-/m1/s1. The topological polar surface area (TPSA) is 169 Å². The van der Waals surface area contributed by atoms with E-state index in [0.29, 0.717) is 11.2 Å². The zero-order chi connectivity index (χ0) is 16.8. The minimum Gasteiger partial charge on any atom is -0.387 e. The fourth-order valence-electron chi connectivity index (χ4n) is 2.32. The molecule has 3 heterocycles. The lowest BCUT2D eigenvalue weighted by molar-refractivity contribution is -0.0487. The van der Waals surface area contributed by atoms with Crippen LogP contribution in [0, 0.1) is 0 Å². The number of nitrogens with zero attached hydrogens (tertiary/aromatic N) is 4. The molecule has 13 heteroatoms. The Labute approximate surface area is 134 Å². The number of rotatable bonds is 4. The molecule has 1 unspecified atom stereocenters. The fraction of sp³-hybridized carbons (Fsp3) is 0.500. The summed E-state index contributed by atoms with van der Waals surface area (Å²) < 4.78 is 11.6. The van der Waals surface area contributed by atoms with E-state index in [1.165, 1.54) is 17.2 Å². The number of hydrogen-bond acceptors (Lipinski definition) is 9. The molecule has 0 aromatic carbocycles. The van der Waals surface area contributed by atoms with Gasteiger partial charge in [-0.2, -0.15) is 0 Å². The highest BCUT2D eigenvalue weighted by Crippen LogP contribution is 2.39. The second-order valence-electron chi connectivity index (χ2n) is 4.92. The van der Waals surface area contributed by atoms with Crippen LogP contribution in [0.2, 0.25) is 0 Å². The summed E-state index contributed by atoms with van der Waals surface area (Å²) in [6, 6.07) is 0. The predicted molar refractivity (Wildman–Crippen MR) is 80.3 cm³/mol. The average molecular weight is 363 g/mol. The van der Waals surface area contributed by atoms with Crippen LogP contribution in [0.5, 0.6) is 0 Å². The van der Waals surface area contributed by atoms with Crippen LogP contribution >= 0.6 is 6.72 Å². The van der Waals surface area contributed by atoms with Crippen molar-refractivity contribution in [3.05, 3.63) is 12.7 Å². The molecule has 1 aliphatic heterocycles. The maximum atomic E-state index is 10.2. The first-order valence-corrected chi connectivity index (χ1v) is 9.05. The SMILES string of the molecule is Nc1ncnc2c1ncn2[C@@H]1O[C@H](COP(O)(O)=S)[C@H](O)C1O. The summed E-state index contributed by atoms with van der Waals surface area (Å²) in [4.78, 5) is 30.0.